The highest BCUT2D eigenvalue weighted by atomic mass is 127. The van der Waals surface area contributed by atoms with Crippen molar-refractivity contribution >= 4 is 52.9 Å². The predicted octanol–water partition coefficient (Wildman–Crippen LogP) is 2.85. The number of carbonyl (C=O) groups excluding carboxylic acids is 1. The molecule has 0 fully saturated rings. The second kappa shape index (κ2) is 10.3. The number of hydrogen-bond acceptors (Lipinski definition) is 4. The van der Waals surface area contributed by atoms with Gasteiger partial charge in [-0.1, -0.05) is 0 Å². The van der Waals surface area contributed by atoms with Gasteiger partial charge < -0.3 is 15.5 Å². The lowest BCUT2D eigenvalue weighted by Crippen LogP contribution is -2.42. The summed E-state index contributed by atoms with van der Waals surface area (Å²) in [5.41, 5.74) is 1.50. The number of benzene rings is 1. The quantitative estimate of drug-likeness (QED) is 0.395. The molecular formula is C16H21FIN5OS. The van der Waals surface area contributed by atoms with Crippen molar-refractivity contribution in [1.82, 2.24) is 15.2 Å². The molecule has 6 nitrogen and oxygen atoms in total. The van der Waals surface area contributed by atoms with Crippen LogP contribution in [0.5, 0.6) is 0 Å². The van der Waals surface area contributed by atoms with E-state index in [0.29, 0.717) is 18.2 Å². The van der Waals surface area contributed by atoms with E-state index in [-0.39, 0.29) is 42.2 Å². The average Bonchev–Trinajstić information content (AvgIpc) is 2.95. The fourth-order valence-corrected chi connectivity index (χ4v) is 2.68. The minimum absolute atomic E-state index is 0. The molecule has 2 rings (SSSR count). The van der Waals surface area contributed by atoms with Crippen LogP contribution in [0, 0.1) is 12.7 Å². The van der Waals surface area contributed by atoms with Crippen LogP contribution >= 0.6 is 35.3 Å². The molecule has 0 aliphatic rings. The fraction of sp³-hybridized carbons (Fsp3) is 0.312. The number of nitrogens with zero attached hydrogens (tertiary/aromatic N) is 3. The van der Waals surface area contributed by atoms with Gasteiger partial charge in [0.05, 0.1) is 23.8 Å². The molecule has 0 atom stereocenters. The Morgan fingerprint density at radius 3 is 2.60 bits per heavy atom. The van der Waals surface area contributed by atoms with Crippen molar-refractivity contribution in [2.75, 3.05) is 26.0 Å². The summed E-state index contributed by atoms with van der Waals surface area (Å²) in [5, 5.41) is 8.70. The Kier molecular flexibility index (Phi) is 8.76. The highest BCUT2D eigenvalue weighted by Gasteiger charge is 2.10. The monoisotopic (exact) mass is 477 g/mol. The molecule has 1 aromatic heterocycles. The Morgan fingerprint density at radius 2 is 2.04 bits per heavy atom. The average molecular weight is 477 g/mol. The molecule has 1 aromatic carbocycles. The third-order valence-corrected chi connectivity index (χ3v) is 4.00. The number of guanidine groups is 1. The van der Waals surface area contributed by atoms with E-state index in [1.807, 2.05) is 24.3 Å². The molecule has 9 heteroatoms. The summed E-state index contributed by atoms with van der Waals surface area (Å²) in [6, 6.07) is 5.62. The van der Waals surface area contributed by atoms with Crippen LogP contribution in [0.3, 0.4) is 0 Å². The summed E-state index contributed by atoms with van der Waals surface area (Å²) in [5.74, 6) is 0.0148. The zero-order chi connectivity index (χ0) is 17.5. The predicted molar refractivity (Wildman–Crippen MR) is 110 cm³/mol. The van der Waals surface area contributed by atoms with E-state index in [9.17, 15) is 9.18 Å². The van der Waals surface area contributed by atoms with Gasteiger partial charge in [-0.2, -0.15) is 0 Å². The summed E-state index contributed by atoms with van der Waals surface area (Å²) in [6.07, 6.45) is 0. The van der Waals surface area contributed by atoms with Crippen LogP contribution in [0.4, 0.5) is 10.1 Å². The zero-order valence-electron chi connectivity index (χ0n) is 14.2. The van der Waals surface area contributed by atoms with Gasteiger partial charge in [0, 0.05) is 25.2 Å². The van der Waals surface area contributed by atoms with Crippen LogP contribution in [0.25, 0.3) is 0 Å². The molecule has 1 heterocycles. The highest BCUT2D eigenvalue weighted by molar-refractivity contribution is 14.0. The Balaban J connectivity index is 0.00000312. The lowest BCUT2D eigenvalue weighted by molar-refractivity contribution is -0.115. The van der Waals surface area contributed by atoms with E-state index in [1.54, 1.807) is 18.4 Å². The minimum atomic E-state index is -0.342. The number of amides is 1. The van der Waals surface area contributed by atoms with Crippen molar-refractivity contribution < 1.29 is 9.18 Å². The number of aromatic nitrogens is 1. The summed E-state index contributed by atoms with van der Waals surface area (Å²) >= 11 is 1.60. The molecule has 0 radical (unpaired) electrons. The van der Waals surface area contributed by atoms with Crippen LogP contribution in [0.2, 0.25) is 0 Å². The first-order chi connectivity index (χ1) is 11.5. The highest BCUT2D eigenvalue weighted by Crippen LogP contribution is 2.10. The Hall–Kier alpha value is -1.75. The number of halogens is 2. The molecule has 1 amide bonds. The molecular weight excluding hydrogens is 456 g/mol. The van der Waals surface area contributed by atoms with Crippen molar-refractivity contribution in [2.24, 2.45) is 4.99 Å². The maximum atomic E-state index is 12.8. The van der Waals surface area contributed by atoms with E-state index in [0.717, 1.165) is 10.7 Å². The summed E-state index contributed by atoms with van der Waals surface area (Å²) in [7, 11) is 3.53. The smallest absolute Gasteiger partial charge is 0.243 e. The lowest BCUT2D eigenvalue weighted by Gasteiger charge is -2.21. The van der Waals surface area contributed by atoms with E-state index >= 15 is 0 Å². The number of aliphatic imine (C=N–C) groups is 1. The molecule has 2 aromatic rings. The van der Waals surface area contributed by atoms with Gasteiger partial charge >= 0.3 is 0 Å². The normalized spacial score (nSPS) is 10.8. The van der Waals surface area contributed by atoms with Crippen molar-refractivity contribution in [3.8, 4) is 0 Å². The van der Waals surface area contributed by atoms with Crippen molar-refractivity contribution in [3.63, 3.8) is 0 Å². The molecule has 2 N–H and O–H groups in total. The van der Waals surface area contributed by atoms with E-state index in [4.69, 9.17) is 0 Å². The van der Waals surface area contributed by atoms with Crippen LogP contribution < -0.4 is 10.6 Å². The van der Waals surface area contributed by atoms with Gasteiger partial charge in [0.25, 0.3) is 0 Å². The van der Waals surface area contributed by atoms with Gasteiger partial charge in [0.1, 0.15) is 5.82 Å². The number of thiazole rings is 1. The van der Waals surface area contributed by atoms with Crippen molar-refractivity contribution in [3.05, 3.63) is 46.2 Å². The first-order valence-corrected chi connectivity index (χ1v) is 8.24. The summed E-state index contributed by atoms with van der Waals surface area (Å²) in [4.78, 5) is 22.4. The van der Waals surface area contributed by atoms with Gasteiger partial charge in [-0.3, -0.25) is 9.79 Å². The number of aryl methyl sites for hydroxylation is 1. The molecule has 0 aliphatic heterocycles. The Bertz CT molecular complexity index is 720. The Labute approximate surface area is 167 Å². The largest absolute Gasteiger partial charge is 0.347 e. The third kappa shape index (κ3) is 6.94. The summed E-state index contributed by atoms with van der Waals surface area (Å²) in [6.45, 7) is 2.62. The third-order valence-electron chi connectivity index (χ3n) is 3.17. The van der Waals surface area contributed by atoms with Crippen LogP contribution in [0.1, 0.15) is 10.7 Å². The minimum Gasteiger partial charge on any atom is -0.347 e. The van der Waals surface area contributed by atoms with E-state index < -0.39 is 0 Å². The number of carbonyl (C=O) groups is 1. The number of hydrogen-bond donors (Lipinski definition) is 2. The van der Waals surface area contributed by atoms with Gasteiger partial charge in [-0.05, 0) is 31.2 Å². The lowest BCUT2D eigenvalue weighted by atomic mass is 10.3. The van der Waals surface area contributed by atoms with Gasteiger partial charge in [-0.25, -0.2) is 9.37 Å². The first kappa shape index (κ1) is 21.3. The van der Waals surface area contributed by atoms with E-state index in [1.165, 1.54) is 24.3 Å². The maximum absolute atomic E-state index is 12.8. The van der Waals surface area contributed by atoms with Crippen molar-refractivity contribution in [2.45, 2.75) is 13.5 Å². The number of anilines is 1. The Morgan fingerprint density at radius 1 is 1.36 bits per heavy atom. The SMILES string of the molecule is CN=C(NCC(=O)Nc1ccc(F)cc1)N(C)Cc1csc(C)n1.I. The molecule has 25 heavy (non-hydrogen) atoms. The standard InChI is InChI=1S/C16H20FN5OS.HI/c1-11-20-14(10-24-11)9-22(3)16(18-2)19-8-15(23)21-13-6-4-12(17)5-7-13;/h4-7,10H,8-9H2,1-3H3,(H,18,19)(H,21,23);1H. The van der Waals surface area contributed by atoms with Crippen molar-refractivity contribution in [1.29, 1.82) is 0 Å². The molecule has 0 spiro atoms. The zero-order valence-corrected chi connectivity index (χ0v) is 17.4. The fourth-order valence-electron chi connectivity index (χ4n) is 2.08. The van der Waals surface area contributed by atoms with Gasteiger partial charge in [0.15, 0.2) is 5.96 Å². The first-order valence-electron chi connectivity index (χ1n) is 7.36. The molecule has 0 saturated heterocycles. The molecule has 136 valence electrons. The topological polar surface area (TPSA) is 69.6 Å². The molecule has 0 aliphatic carbocycles. The number of rotatable bonds is 5. The van der Waals surface area contributed by atoms with E-state index in [2.05, 4.69) is 20.6 Å². The number of nitrogens with one attached hydrogen (secondary N) is 2. The van der Waals surface area contributed by atoms with Gasteiger partial charge in [-0.15, -0.1) is 35.3 Å². The van der Waals surface area contributed by atoms with Crippen LogP contribution in [0.15, 0.2) is 34.6 Å². The van der Waals surface area contributed by atoms with Crippen LogP contribution in [-0.2, 0) is 11.3 Å². The summed E-state index contributed by atoms with van der Waals surface area (Å²) < 4.78 is 12.8. The second-order valence-corrected chi connectivity index (χ2v) is 6.23. The molecule has 0 saturated carbocycles. The molecule has 0 unspecified atom stereocenters. The molecule has 0 bridgehead atoms. The van der Waals surface area contributed by atoms with Gasteiger partial charge in [0.2, 0.25) is 5.91 Å². The second-order valence-electron chi connectivity index (χ2n) is 5.17. The maximum Gasteiger partial charge on any atom is 0.243 e. The van der Waals surface area contributed by atoms with Crippen LogP contribution in [-0.4, -0.2) is 42.4 Å².